The summed E-state index contributed by atoms with van der Waals surface area (Å²) in [6.45, 7) is 0.820. The highest BCUT2D eigenvalue weighted by molar-refractivity contribution is 6.29. The summed E-state index contributed by atoms with van der Waals surface area (Å²) in [5.41, 5.74) is 1.25. The van der Waals surface area contributed by atoms with Crippen molar-refractivity contribution in [2.45, 2.75) is 6.54 Å². The summed E-state index contributed by atoms with van der Waals surface area (Å²) in [5, 5.41) is 0.538. The van der Waals surface area contributed by atoms with E-state index in [1.807, 2.05) is 29.0 Å². The van der Waals surface area contributed by atoms with E-state index in [1.165, 1.54) is 5.56 Å². The van der Waals surface area contributed by atoms with Crippen LogP contribution in [-0.4, -0.2) is 9.55 Å². The van der Waals surface area contributed by atoms with Gasteiger partial charge in [-0.25, -0.2) is 4.98 Å². The molecule has 0 aliphatic heterocycles. The summed E-state index contributed by atoms with van der Waals surface area (Å²) in [6, 6.07) is 10.2. The molecule has 2 rings (SSSR count). The number of nitrogens with zero attached hydrogens (tertiary/aromatic N) is 2. The van der Waals surface area contributed by atoms with Crippen molar-refractivity contribution in [2.24, 2.45) is 0 Å². The van der Waals surface area contributed by atoms with Gasteiger partial charge in [0.15, 0.2) is 0 Å². The lowest BCUT2D eigenvalue weighted by Gasteiger charge is -2.00. The minimum absolute atomic E-state index is 0.538. The van der Waals surface area contributed by atoms with Gasteiger partial charge >= 0.3 is 0 Å². The van der Waals surface area contributed by atoms with Crippen molar-refractivity contribution in [2.75, 3.05) is 0 Å². The van der Waals surface area contributed by atoms with E-state index in [2.05, 4.69) is 17.1 Å². The highest BCUT2D eigenvalue weighted by Gasteiger charge is 1.95. The maximum Gasteiger partial charge on any atom is 0.146 e. The zero-order chi connectivity index (χ0) is 9.10. The lowest BCUT2D eigenvalue weighted by molar-refractivity contribution is 0.797. The minimum Gasteiger partial charge on any atom is -0.331 e. The SMILES string of the molecule is Clc1cn(Cc2ccccc2)cn1. The van der Waals surface area contributed by atoms with Gasteiger partial charge in [-0.1, -0.05) is 41.9 Å². The van der Waals surface area contributed by atoms with Crippen molar-refractivity contribution in [1.29, 1.82) is 0 Å². The molecule has 0 N–H and O–H groups in total. The average Bonchev–Trinajstić information content (AvgIpc) is 2.53. The molecule has 66 valence electrons. The highest BCUT2D eigenvalue weighted by Crippen LogP contribution is 2.06. The Bertz CT molecular complexity index is 381. The summed E-state index contributed by atoms with van der Waals surface area (Å²) >= 11 is 5.69. The van der Waals surface area contributed by atoms with Crippen molar-refractivity contribution in [1.82, 2.24) is 9.55 Å². The number of benzene rings is 1. The maximum atomic E-state index is 5.69. The molecular weight excluding hydrogens is 184 g/mol. The maximum absolute atomic E-state index is 5.69. The van der Waals surface area contributed by atoms with E-state index in [4.69, 9.17) is 11.6 Å². The molecule has 0 amide bonds. The third-order valence-electron chi connectivity index (χ3n) is 1.81. The van der Waals surface area contributed by atoms with Gasteiger partial charge in [-0.2, -0.15) is 0 Å². The van der Waals surface area contributed by atoms with Crippen LogP contribution in [0.1, 0.15) is 5.56 Å². The van der Waals surface area contributed by atoms with E-state index < -0.39 is 0 Å². The van der Waals surface area contributed by atoms with Crippen LogP contribution in [0.15, 0.2) is 42.9 Å². The first-order valence-electron chi connectivity index (χ1n) is 4.06. The number of aromatic nitrogens is 2. The number of rotatable bonds is 2. The number of imidazole rings is 1. The molecule has 2 nitrogen and oxygen atoms in total. The highest BCUT2D eigenvalue weighted by atomic mass is 35.5. The van der Waals surface area contributed by atoms with Gasteiger partial charge < -0.3 is 4.57 Å². The fraction of sp³-hybridized carbons (Fsp3) is 0.100. The van der Waals surface area contributed by atoms with Crippen LogP contribution in [0.25, 0.3) is 0 Å². The molecule has 0 atom stereocenters. The Labute approximate surface area is 81.8 Å². The number of halogens is 1. The van der Waals surface area contributed by atoms with Crippen LogP contribution in [-0.2, 0) is 6.54 Å². The molecule has 0 saturated heterocycles. The zero-order valence-electron chi connectivity index (χ0n) is 7.02. The molecule has 1 heterocycles. The quantitative estimate of drug-likeness (QED) is 0.715. The molecule has 0 radical (unpaired) electrons. The normalized spacial score (nSPS) is 10.2. The van der Waals surface area contributed by atoms with Gasteiger partial charge in [0.25, 0.3) is 0 Å². The first-order valence-corrected chi connectivity index (χ1v) is 4.43. The monoisotopic (exact) mass is 192 g/mol. The molecule has 0 unspecified atom stereocenters. The summed E-state index contributed by atoms with van der Waals surface area (Å²) in [6.07, 6.45) is 3.55. The Morgan fingerprint density at radius 1 is 1.23 bits per heavy atom. The third-order valence-corrected chi connectivity index (χ3v) is 2.00. The smallest absolute Gasteiger partial charge is 0.146 e. The van der Waals surface area contributed by atoms with Gasteiger partial charge in [0, 0.05) is 12.7 Å². The van der Waals surface area contributed by atoms with Crippen molar-refractivity contribution in [3.8, 4) is 0 Å². The molecule has 0 aliphatic carbocycles. The van der Waals surface area contributed by atoms with Gasteiger partial charge in [-0.15, -0.1) is 0 Å². The Morgan fingerprint density at radius 2 is 2.00 bits per heavy atom. The molecule has 3 heteroatoms. The third kappa shape index (κ3) is 2.10. The second-order valence-electron chi connectivity index (χ2n) is 2.85. The minimum atomic E-state index is 0.538. The van der Waals surface area contributed by atoms with Crippen LogP contribution < -0.4 is 0 Å². The molecule has 2 aromatic rings. The first-order chi connectivity index (χ1) is 6.34. The fourth-order valence-electron chi connectivity index (χ4n) is 1.21. The predicted molar refractivity (Wildman–Crippen MR) is 52.8 cm³/mol. The Balaban J connectivity index is 2.15. The van der Waals surface area contributed by atoms with Gasteiger partial charge in [0.1, 0.15) is 5.15 Å². The molecule has 13 heavy (non-hydrogen) atoms. The van der Waals surface area contributed by atoms with Gasteiger partial charge in [-0.3, -0.25) is 0 Å². The molecule has 0 saturated carbocycles. The molecule has 1 aromatic heterocycles. The topological polar surface area (TPSA) is 17.8 Å². The lowest BCUT2D eigenvalue weighted by Crippen LogP contribution is -1.95. The van der Waals surface area contributed by atoms with E-state index in [9.17, 15) is 0 Å². The van der Waals surface area contributed by atoms with E-state index in [0.29, 0.717) is 5.15 Å². The summed E-state index contributed by atoms with van der Waals surface area (Å²) in [4.78, 5) is 3.94. The van der Waals surface area contributed by atoms with Crippen molar-refractivity contribution in [3.05, 3.63) is 53.6 Å². The Hall–Kier alpha value is -1.28. The van der Waals surface area contributed by atoms with Crippen LogP contribution >= 0.6 is 11.6 Å². The molecule has 1 aromatic carbocycles. The van der Waals surface area contributed by atoms with Crippen molar-refractivity contribution < 1.29 is 0 Å². The van der Waals surface area contributed by atoms with E-state index in [-0.39, 0.29) is 0 Å². The zero-order valence-corrected chi connectivity index (χ0v) is 7.78. The van der Waals surface area contributed by atoms with Crippen LogP contribution in [0.2, 0.25) is 5.15 Å². The molecule has 0 aliphatic rings. The van der Waals surface area contributed by atoms with Crippen LogP contribution in [0.3, 0.4) is 0 Å². The van der Waals surface area contributed by atoms with Gasteiger partial charge in [0.05, 0.1) is 6.33 Å². The molecule has 0 fully saturated rings. The Morgan fingerprint density at radius 3 is 2.62 bits per heavy atom. The first kappa shape index (κ1) is 8.32. The second-order valence-corrected chi connectivity index (χ2v) is 3.24. The average molecular weight is 193 g/mol. The number of hydrogen-bond acceptors (Lipinski definition) is 1. The molecular formula is C10H9ClN2. The standard InChI is InChI=1S/C10H9ClN2/c11-10-7-13(8-12-10)6-9-4-2-1-3-5-9/h1-5,7-8H,6H2. The largest absolute Gasteiger partial charge is 0.331 e. The summed E-state index contributed by atoms with van der Waals surface area (Å²) in [5.74, 6) is 0. The van der Waals surface area contributed by atoms with Crippen LogP contribution in [0.4, 0.5) is 0 Å². The van der Waals surface area contributed by atoms with Crippen molar-refractivity contribution >= 4 is 11.6 Å². The lowest BCUT2D eigenvalue weighted by atomic mass is 10.2. The van der Waals surface area contributed by atoms with Gasteiger partial charge in [-0.05, 0) is 5.56 Å². The van der Waals surface area contributed by atoms with E-state index in [0.717, 1.165) is 6.54 Å². The van der Waals surface area contributed by atoms with Crippen LogP contribution in [0, 0.1) is 0 Å². The Kier molecular flexibility index (Phi) is 2.32. The fourth-order valence-corrected chi connectivity index (χ4v) is 1.38. The van der Waals surface area contributed by atoms with E-state index >= 15 is 0 Å². The van der Waals surface area contributed by atoms with E-state index in [1.54, 1.807) is 6.33 Å². The molecule has 0 spiro atoms. The number of hydrogen-bond donors (Lipinski definition) is 0. The van der Waals surface area contributed by atoms with Crippen molar-refractivity contribution in [3.63, 3.8) is 0 Å². The summed E-state index contributed by atoms with van der Waals surface area (Å²) < 4.78 is 1.96. The predicted octanol–water partition coefficient (Wildman–Crippen LogP) is 2.58. The van der Waals surface area contributed by atoms with Gasteiger partial charge in [0.2, 0.25) is 0 Å². The van der Waals surface area contributed by atoms with Crippen LogP contribution in [0.5, 0.6) is 0 Å². The second kappa shape index (κ2) is 3.62. The summed E-state index contributed by atoms with van der Waals surface area (Å²) in [7, 11) is 0. The molecule has 0 bridgehead atoms.